The molecule has 0 bridgehead atoms. The number of amides is 7. The minimum Gasteiger partial charge on any atom is -0.385 e. The average Bonchev–Trinajstić information content (AvgIpc) is 3.36. The molecule has 4 N–H and O–H groups in total. The number of likely N-dealkylation sites (N-methyl/N-ethyl adjacent to an activating group) is 1. The summed E-state index contributed by atoms with van der Waals surface area (Å²) < 4.78 is 5.29. The summed E-state index contributed by atoms with van der Waals surface area (Å²) in [5.74, 6) is -1.70. The smallest absolute Gasteiger partial charge is 0.334 e. The number of rotatable bonds is 5. The Labute approximate surface area is 234 Å². The van der Waals surface area contributed by atoms with Gasteiger partial charge in [-0.1, -0.05) is 19.8 Å². The van der Waals surface area contributed by atoms with E-state index in [1.54, 1.807) is 11.9 Å². The second-order valence-corrected chi connectivity index (χ2v) is 13.5. The van der Waals surface area contributed by atoms with E-state index in [1.807, 2.05) is 0 Å². The van der Waals surface area contributed by atoms with Gasteiger partial charge in [0.1, 0.15) is 16.9 Å². The first-order chi connectivity index (χ1) is 18.9. The van der Waals surface area contributed by atoms with Gasteiger partial charge in [-0.3, -0.25) is 29.1 Å². The van der Waals surface area contributed by atoms with E-state index in [2.05, 4.69) is 6.92 Å². The van der Waals surface area contributed by atoms with Gasteiger partial charge in [0.25, 0.3) is 17.7 Å². The number of carbonyl (C=O) groups excluding carboxylic acids is 5. The first-order valence-electron chi connectivity index (χ1n) is 14.5. The summed E-state index contributed by atoms with van der Waals surface area (Å²) in [6, 6.07) is -1.23. The second kappa shape index (κ2) is 9.19. The van der Waals surface area contributed by atoms with Gasteiger partial charge in [0.15, 0.2) is 0 Å². The quantitative estimate of drug-likeness (QED) is 0.293. The fourth-order valence-electron chi connectivity index (χ4n) is 8.26. The summed E-state index contributed by atoms with van der Waals surface area (Å²) in [7, 11) is 1.55. The number of nitrogens with zero attached hydrogens (tertiary/aromatic N) is 4. The molecule has 6 fully saturated rings. The molecule has 0 radical (unpaired) electrons. The molecule has 0 unspecified atom stereocenters. The highest BCUT2D eigenvalue weighted by Crippen LogP contribution is 2.61. The minimum absolute atomic E-state index is 0.133. The Morgan fingerprint density at radius 2 is 1.55 bits per heavy atom. The molecule has 3 heterocycles. The molecule has 12 nitrogen and oxygen atoms in total. The van der Waals surface area contributed by atoms with Crippen molar-refractivity contribution < 1.29 is 28.7 Å². The molecule has 0 atom stereocenters. The SMILES string of the molecule is CN1C(=O)N(CC2COC2)C2(CC3(CCC(N4C(=O)C(=C(N)N)C(=O)N(CC5(C)CCCC5)C4=O)CC3)C2)C1=O. The molecule has 0 aromatic rings. The molecule has 3 aliphatic heterocycles. The third-order valence-electron chi connectivity index (χ3n) is 10.6. The Balaban J connectivity index is 1.17. The number of carbonyl (C=O) groups is 5. The molecule has 6 aliphatic rings. The van der Waals surface area contributed by atoms with Crippen molar-refractivity contribution in [2.24, 2.45) is 28.2 Å². The van der Waals surface area contributed by atoms with Gasteiger partial charge in [-0.25, -0.2) is 9.59 Å². The number of ether oxygens (including phenoxy) is 1. The third kappa shape index (κ3) is 3.93. The van der Waals surface area contributed by atoms with Gasteiger partial charge in [-0.15, -0.1) is 0 Å². The van der Waals surface area contributed by atoms with Gasteiger partial charge >= 0.3 is 12.1 Å². The summed E-state index contributed by atoms with van der Waals surface area (Å²) in [4.78, 5) is 71.9. The van der Waals surface area contributed by atoms with E-state index in [4.69, 9.17) is 16.2 Å². The van der Waals surface area contributed by atoms with Gasteiger partial charge in [0, 0.05) is 32.1 Å². The van der Waals surface area contributed by atoms with Gasteiger partial charge in [-0.2, -0.15) is 0 Å². The fourth-order valence-corrected chi connectivity index (χ4v) is 8.26. The van der Waals surface area contributed by atoms with Crippen LogP contribution in [0.1, 0.15) is 71.1 Å². The molecular formula is C28H40N6O6. The Hall–Kier alpha value is -3.15. The monoisotopic (exact) mass is 556 g/mol. The van der Waals surface area contributed by atoms with Gasteiger partial charge in [-0.05, 0) is 62.2 Å². The van der Waals surface area contributed by atoms with Crippen LogP contribution in [0.5, 0.6) is 0 Å². The molecule has 3 saturated heterocycles. The topological polar surface area (TPSA) is 160 Å². The van der Waals surface area contributed by atoms with Crippen LogP contribution >= 0.6 is 0 Å². The van der Waals surface area contributed by atoms with Crippen molar-refractivity contribution in [2.45, 2.75) is 82.7 Å². The Bertz CT molecular complexity index is 1180. The Morgan fingerprint density at radius 3 is 2.10 bits per heavy atom. The van der Waals surface area contributed by atoms with E-state index >= 15 is 0 Å². The molecule has 0 aromatic heterocycles. The fraction of sp³-hybridized carbons (Fsp3) is 0.750. The molecule has 2 spiro atoms. The van der Waals surface area contributed by atoms with Crippen LogP contribution in [0.3, 0.4) is 0 Å². The van der Waals surface area contributed by atoms with Crippen LogP contribution in [-0.2, 0) is 19.1 Å². The molecule has 0 aromatic carbocycles. The Kier molecular flexibility index (Phi) is 6.21. The summed E-state index contributed by atoms with van der Waals surface area (Å²) in [6.45, 7) is 4.02. The number of nitrogens with two attached hydrogens (primary N) is 2. The molecule has 3 saturated carbocycles. The highest BCUT2D eigenvalue weighted by atomic mass is 16.5. The van der Waals surface area contributed by atoms with E-state index in [-0.39, 0.29) is 46.6 Å². The van der Waals surface area contributed by atoms with Crippen molar-refractivity contribution in [3.63, 3.8) is 0 Å². The maximum absolute atomic E-state index is 13.7. The van der Waals surface area contributed by atoms with Crippen LogP contribution in [0.4, 0.5) is 9.59 Å². The summed E-state index contributed by atoms with van der Waals surface area (Å²) in [6.07, 6.45) is 7.60. The second-order valence-electron chi connectivity index (χ2n) is 13.5. The van der Waals surface area contributed by atoms with Crippen molar-refractivity contribution in [3.05, 3.63) is 11.4 Å². The van der Waals surface area contributed by atoms with E-state index in [0.29, 0.717) is 58.3 Å². The van der Waals surface area contributed by atoms with Crippen LogP contribution < -0.4 is 11.5 Å². The number of urea groups is 2. The van der Waals surface area contributed by atoms with Gasteiger partial charge < -0.3 is 21.1 Å². The predicted octanol–water partition coefficient (Wildman–Crippen LogP) is 1.49. The van der Waals surface area contributed by atoms with Gasteiger partial charge in [0.2, 0.25) is 0 Å². The van der Waals surface area contributed by atoms with Crippen molar-refractivity contribution in [2.75, 3.05) is 33.4 Å². The molecule has 40 heavy (non-hydrogen) atoms. The van der Waals surface area contributed by atoms with Crippen LogP contribution in [0.25, 0.3) is 0 Å². The van der Waals surface area contributed by atoms with Crippen molar-refractivity contribution in [1.82, 2.24) is 19.6 Å². The third-order valence-corrected chi connectivity index (χ3v) is 10.6. The lowest BCUT2D eigenvalue weighted by atomic mass is 9.51. The zero-order valence-electron chi connectivity index (χ0n) is 23.4. The van der Waals surface area contributed by atoms with Crippen LogP contribution in [0.2, 0.25) is 0 Å². The maximum atomic E-state index is 13.7. The van der Waals surface area contributed by atoms with Crippen LogP contribution in [0.15, 0.2) is 11.4 Å². The molecule has 7 amide bonds. The first-order valence-corrected chi connectivity index (χ1v) is 14.5. The van der Waals surface area contributed by atoms with Crippen LogP contribution in [-0.4, -0.2) is 94.3 Å². The maximum Gasteiger partial charge on any atom is 0.334 e. The lowest BCUT2D eigenvalue weighted by Gasteiger charge is -2.59. The van der Waals surface area contributed by atoms with E-state index in [9.17, 15) is 24.0 Å². The molecular weight excluding hydrogens is 516 g/mol. The molecule has 12 heteroatoms. The number of imide groups is 3. The lowest BCUT2D eigenvalue weighted by molar-refractivity contribution is -0.153. The van der Waals surface area contributed by atoms with Crippen molar-refractivity contribution in [3.8, 4) is 0 Å². The number of barbiturate groups is 1. The predicted molar refractivity (Wildman–Crippen MR) is 142 cm³/mol. The Morgan fingerprint density at radius 1 is 0.925 bits per heavy atom. The number of hydrogen-bond acceptors (Lipinski definition) is 8. The summed E-state index contributed by atoms with van der Waals surface area (Å²) >= 11 is 0. The standard InChI is InChI=1S/C28H40N6O6/c1-26(7-3-4-8-26)16-32-21(35)19(20(29)30)22(36)34(25(32)39)18-5-9-27(10-6-18)14-28(15-27)23(37)31(2)24(38)33(28)11-17-12-40-13-17/h17-18H,3-16,29-30H2,1-2H3. The molecule has 3 aliphatic carbocycles. The summed E-state index contributed by atoms with van der Waals surface area (Å²) in [5, 5.41) is 0. The summed E-state index contributed by atoms with van der Waals surface area (Å²) in [5.41, 5.74) is 10.1. The van der Waals surface area contributed by atoms with E-state index in [1.165, 1.54) is 14.7 Å². The van der Waals surface area contributed by atoms with E-state index < -0.39 is 29.4 Å². The highest BCUT2D eigenvalue weighted by Gasteiger charge is 2.68. The van der Waals surface area contributed by atoms with Gasteiger partial charge in [0.05, 0.1) is 13.2 Å². The lowest BCUT2D eigenvalue weighted by Crippen LogP contribution is -2.66. The van der Waals surface area contributed by atoms with E-state index in [0.717, 1.165) is 25.7 Å². The molecule has 218 valence electrons. The highest BCUT2D eigenvalue weighted by molar-refractivity contribution is 6.29. The normalized spacial score (nSPS) is 34.4. The average molecular weight is 557 g/mol. The van der Waals surface area contributed by atoms with Crippen LogP contribution in [0, 0.1) is 16.7 Å². The van der Waals surface area contributed by atoms with Crippen molar-refractivity contribution >= 4 is 29.8 Å². The zero-order valence-corrected chi connectivity index (χ0v) is 23.4. The number of hydrogen-bond donors (Lipinski definition) is 2. The minimum atomic E-state index is -0.811. The first kappa shape index (κ1) is 27.0. The zero-order chi connectivity index (χ0) is 28.6. The molecule has 6 rings (SSSR count). The largest absolute Gasteiger partial charge is 0.385 e. The van der Waals surface area contributed by atoms with Crippen molar-refractivity contribution in [1.29, 1.82) is 0 Å².